The molecule has 1 aromatic heterocycles. The largest absolute Gasteiger partial charge is 0.383 e. The van der Waals surface area contributed by atoms with Crippen molar-refractivity contribution in [1.82, 2.24) is 9.97 Å². The van der Waals surface area contributed by atoms with E-state index >= 15 is 0 Å². The number of rotatable bonds is 3. The van der Waals surface area contributed by atoms with Gasteiger partial charge in [0.25, 0.3) is 5.69 Å². The first kappa shape index (κ1) is 17.9. The summed E-state index contributed by atoms with van der Waals surface area (Å²) in [6.45, 7) is 6.40. The highest BCUT2D eigenvalue weighted by Gasteiger charge is 2.22. The van der Waals surface area contributed by atoms with Gasteiger partial charge in [0, 0.05) is 11.0 Å². The molecule has 0 bridgehead atoms. The minimum atomic E-state index is -0.429. The van der Waals surface area contributed by atoms with Crippen molar-refractivity contribution >= 4 is 40.1 Å². The van der Waals surface area contributed by atoms with Crippen molar-refractivity contribution in [2.75, 3.05) is 11.5 Å². The number of nitrogens with zero attached hydrogens (tertiary/aromatic N) is 3. The fourth-order valence-electron chi connectivity index (χ4n) is 2.62. The van der Waals surface area contributed by atoms with E-state index in [-0.39, 0.29) is 22.9 Å². The van der Waals surface area contributed by atoms with Crippen molar-refractivity contribution < 1.29 is 4.92 Å². The third kappa shape index (κ3) is 3.41. The predicted molar refractivity (Wildman–Crippen MR) is 104 cm³/mol. The molecule has 0 amide bonds. The standard InChI is InChI=1S/C18H19N5O2S/c1-18(2,3)10-4-6-11(7-5-10)26-15-13(23(24)25)9-8-12-14(15)16(19)22-17(20)21-12/h4-9H,1-3H3,(H4,19,20,21,22). The predicted octanol–water partition coefficient (Wildman–Crippen LogP) is 4.15. The van der Waals surface area contributed by atoms with Crippen LogP contribution in [0.15, 0.2) is 46.2 Å². The highest BCUT2D eigenvalue weighted by Crippen LogP contribution is 2.42. The lowest BCUT2D eigenvalue weighted by Gasteiger charge is -2.19. The molecule has 0 aliphatic rings. The molecule has 0 aliphatic heterocycles. The van der Waals surface area contributed by atoms with Crippen LogP contribution < -0.4 is 11.5 Å². The van der Waals surface area contributed by atoms with Crippen molar-refractivity contribution in [3.05, 3.63) is 52.1 Å². The maximum Gasteiger partial charge on any atom is 0.284 e. The molecule has 7 nitrogen and oxygen atoms in total. The Morgan fingerprint density at radius 3 is 2.27 bits per heavy atom. The van der Waals surface area contributed by atoms with E-state index < -0.39 is 4.92 Å². The number of anilines is 2. The third-order valence-electron chi connectivity index (χ3n) is 3.98. The van der Waals surface area contributed by atoms with E-state index in [2.05, 4.69) is 30.7 Å². The van der Waals surface area contributed by atoms with Gasteiger partial charge in [-0.2, -0.15) is 4.98 Å². The molecule has 26 heavy (non-hydrogen) atoms. The van der Waals surface area contributed by atoms with Gasteiger partial charge in [-0.3, -0.25) is 10.1 Å². The number of nitrogens with two attached hydrogens (primary N) is 2. The van der Waals surface area contributed by atoms with Crippen LogP contribution in [0.3, 0.4) is 0 Å². The lowest BCUT2D eigenvalue weighted by atomic mass is 9.87. The number of aromatic nitrogens is 2. The van der Waals surface area contributed by atoms with Crippen LogP contribution >= 0.6 is 11.8 Å². The highest BCUT2D eigenvalue weighted by atomic mass is 32.2. The molecule has 1 heterocycles. The lowest BCUT2D eigenvalue weighted by Crippen LogP contribution is -2.10. The van der Waals surface area contributed by atoms with Gasteiger partial charge in [-0.05, 0) is 29.2 Å². The molecule has 134 valence electrons. The SMILES string of the molecule is CC(C)(C)c1ccc(Sc2c([N+](=O)[O-])ccc3nc(N)nc(N)c23)cc1. The first-order valence-electron chi connectivity index (χ1n) is 7.95. The molecule has 0 saturated carbocycles. The zero-order chi connectivity index (χ0) is 19.1. The average Bonchev–Trinajstić information content (AvgIpc) is 2.53. The van der Waals surface area contributed by atoms with Crippen molar-refractivity contribution in [2.45, 2.75) is 36.0 Å². The zero-order valence-corrected chi connectivity index (χ0v) is 15.5. The van der Waals surface area contributed by atoms with Gasteiger partial charge >= 0.3 is 0 Å². The molecule has 3 rings (SSSR count). The summed E-state index contributed by atoms with van der Waals surface area (Å²) in [5, 5.41) is 11.9. The molecule has 0 unspecified atom stereocenters. The summed E-state index contributed by atoms with van der Waals surface area (Å²) in [4.78, 5) is 20.4. The zero-order valence-electron chi connectivity index (χ0n) is 14.7. The van der Waals surface area contributed by atoms with E-state index in [9.17, 15) is 10.1 Å². The average molecular weight is 369 g/mol. The Kier molecular flexibility index (Phi) is 4.45. The van der Waals surface area contributed by atoms with Crippen molar-refractivity contribution in [3.63, 3.8) is 0 Å². The molecule has 0 atom stereocenters. The summed E-state index contributed by atoms with van der Waals surface area (Å²) in [5.41, 5.74) is 13.3. The van der Waals surface area contributed by atoms with Crippen LogP contribution in [-0.2, 0) is 5.41 Å². The van der Waals surface area contributed by atoms with Crippen LogP contribution in [-0.4, -0.2) is 14.9 Å². The minimum absolute atomic E-state index is 0.0322. The molecule has 8 heteroatoms. The second-order valence-electron chi connectivity index (χ2n) is 6.91. The van der Waals surface area contributed by atoms with Crippen LogP contribution in [0.5, 0.6) is 0 Å². The van der Waals surface area contributed by atoms with Gasteiger partial charge in [0.15, 0.2) is 0 Å². The maximum absolute atomic E-state index is 11.5. The normalized spacial score (nSPS) is 11.7. The maximum atomic E-state index is 11.5. The molecule has 3 aromatic rings. The molecular weight excluding hydrogens is 350 g/mol. The Balaban J connectivity index is 2.14. The smallest absolute Gasteiger partial charge is 0.284 e. The fraction of sp³-hybridized carbons (Fsp3) is 0.222. The number of benzene rings is 2. The van der Waals surface area contributed by atoms with Crippen molar-refractivity contribution in [2.24, 2.45) is 0 Å². The topological polar surface area (TPSA) is 121 Å². The monoisotopic (exact) mass is 369 g/mol. The number of nitro groups is 1. The van der Waals surface area contributed by atoms with Crippen LogP contribution in [0.25, 0.3) is 10.9 Å². The Morgan fingerprint density at radius 1 is 1.04 bits per heavy atom. The Morgan fingerprint density at radius 2 is 1.69 bits per heavy atom. The fourth-order valence-corrected chi connectivity index (χ4v) is 3.68. The summed E-state index contributed by atoms with van der Waals surface area (Å²) in [6, 6.07) is 10.9. The number of hydrogen-bond acceptors (Lipinski definition) is 7. The van der Waals surface area contributed by atoms with Crippen LogP contribution in [0, 0.1) is 10.1 Å². The highest BCUT2D eigenvalue weighted by molar-refractivity contribution is 7.99. The van der Waals surface area contributed by atoms with E-state index in [0.29, 0.717) is 15.8 Å². The van der Waals surface area contributed by atoms with Crippen LogP contribution in [0.2, 0.25) is 0 Å². The van der Waals surface area contributed by atoms with Gasteiger partial charge in [0.05, 0.1) is 15.8 Å². The summed E-state index contributed by atoms with van der Waals surface area (Å²) < 4.78 is 0. The molecule has 0 fully saturated rings. The molecule has 0 aliphatic carbocycles. The van der Waals surface area contributed by atoms with Gasteiger partial charge in [-0.1, -0.05) is 44.7 Å². The number of fused-ring (bicyclic) bond motifs is 1. The van der Waals surface area contributed by atoms with Gasteiger partial charge in [-0.25, -0.2) is 4.98 Å². The molecule has 0 saturated heterocycles. The van der Waals surface area contributed by atoms with Crippen LogP contribution in [0.1, 0.15) is 26.3 Å². The van der Waals surface area contributed by atoms with Gasteiger partial charge in [0.1, 0.15) is 10.7 Å². The van der Waals surface area contributed by atoms with E-state index in [1.165, 1.54) is 29.5 Å². The summed E-state index contributed by atoms with van der Waals surface area (Å²) in [6.07, 6.45) is 0. The summed E-state index contributed by atoms with van der Waals surface area (Å²) in [5.74, 6) is 0.166. The Bertz CT molecular complexity index is 997. The number of hydrogen-bond donors (Lipinski definition) is 2. The van der Waals surface area contributed by atoms with E-state index in [0.717, 1.165) is 4.90 Å². The number of nitro benzene ring substituents is 1. The van der Waals surface area contributed by atoms with Gasteiger partial charge in [0.2, 0.25) is 5.95 Å². The minimum Gasteiger partial charge on any atom is -0.383 e. The quantitative estimate of drug-likeness (QED) is 0.525. The molecule has 0 radical (unpaired) electrons. The molecule has 4 N–H and O–H groups in total. The summed E-state index contributed by atoms with van der Waals surface area (Å²) >= 11 is 1.27. The van der Waals surface area contributed by atoms with Gasteiger partial charge < -0.3 is 11.5 Å². The molecular formula is C18H19N5O2S. The number of nitrogen functional groups attached to an aromatic ring is 2. The lowest BCUT2D eigenvalue weighted by molar-refractivity contribution is -0.387. The van der Waals surface area contributed by atoms with Gasteiger partial charge in [-0.15, -0.1) is 0 Å². The summed E-state index contributed by atoms with van der Waals surface area (Å²) in [7, 11) is 0. The Labute approximate surface area is 155 Å². The van der Waals surface area contributed by atoms with Crippen LogP contribution in [0.4, 0.5) is 17.5 Å². The van der Waals surface area contributed by atoms with E-state index in [1.54, 1.807) is 0 Å². The third-order valence-corrected chi connectivity index (χ3v) is 5.10. The second-order valence-corrected chi connectivity index (χ2v) is 7.99. The van der Waals surface area contributed by atoms with E-state index in [4.69, 9.17) is 11.5 Å². The van der Waals surface area contributed by atoms with E-state index in [1.807, 2.05) is 24.3 Å². The Hall–Kier alpha value is -2.87. The van der Waals surface area contributed by atoms with Crippen molar-refractivity contribution in [1.29, 1.82) is 0 Å². The first-order chi connectivity index (χ1) is 12.2. The molecule has 2 aromatic carbocycles. The van der Waals surface area contributed by atoms with Crippen molar-refractivity contribution in [3.8, 4) is 0 Å². The molecule has 0 spiro atoms. The second kappa shape index (κ2) is 6.45. The first-order valence-corrected chi connectivity index (χ1v) is 8.77.